The molecular formula is C25H25N3O3. The molecule has 0 atom stereocenters. The first kappa shape index (κ1) is 19.5. The van der Waals surface area contributed by atoms with Crippen molar-refractivity contribution in [2.75, 3.05) is 31.6 Å². The molecule has 31 heavy (non-hydrogen) atoms. The highest BCUT2D eigenvalue weighted by Gasteiger charge is 2.29. The highest BCUT2D eigenvalue weighted by atomic mass is 16.5. The lowest BCUT2D eigenvalue weighted by Gasteiger charge is -2.32. The van der Waals surface area contributed by atoms with Gasteiger partial charge in [-0.3, -0.25) is 9.80 Å². The Morgan fingerprint density at radius 3 is 2.42 bits per heavy atom. The van der Waals surface area contributed by atoms with Crippen molar-refractivity contribution in [3.63, 3.8) is 0 Å². The molecule has 2 heterocycles. The first-order valence-electron chi connectivity index (χ1n) is 10.6. The zero-order chi connectivity index (χ0) is 21.2. The SMILES string of the molecule is COc1cccc2c1CN(CCNC(=O)N1c3ccccc3Oc3ccccc31)CC2. The fourth-order valence-electron chi connectivity index (χ4n) is 4.31. The Labute approximate surface area is 182 Å². The average molecular weight is 415 g/mol. The van der Waals surface area contributed by atoms with Crippen LogP contribution >= 0.6 is 0 Å². The molecule has 1 N–H and O–H groups in total. The van der Waals surface area contributed by atoms with Crippen molar-refractivity contribution in [2.24, 2.45) is 0 Å². The predicted octanol–water partition coefficient (Wildman–Crippen LogP) is 4.71. The lowest BCUT2D eigenvalue weighted by atomic mass is 9.99. The zero-order valence-corrected chi connectivity index (χ0v) is 17.5. The van der Waals surface area contributed by atoms with Crippen LogP contribution in [0.25, 0.3) is 0 Å². The van der Waals surface area contributed by atoms with Crippen LogP contribution in [0, 0.1) is 0 Å². The van der Waals surface area contributed by atoms with E-state index < -0.39 is 0 Å². The molecule has 2 amide bonds. The fourth-order valence-corrected chi connectivity index (χ4v) is 4.31. The van der Waals surface area contributed by atoms with Gasteiger partial charge in [-0.05, 0) is 42.3 Å². The third kappa shape index (κ3) is 3.70. The van der Waals surface area contributed by atoms with Gasteiger partial charge in [-0.25, -0.2) is 4.79 Å². The van der Waals surface area contributed by atoms with Crippen molar-refractivity contribution in [1.82, 2.24) is 10.2 Å². The van der Waals surface area contributed by atoms with Crippen molar-refractivity contribution in [3.8, 4) is 17.2 Å². The Morgan fingerprint density at radius 1 is 1.00 bits per heavy atom. The minimum Gasteiger partial charge on any atom is -0.496 e. The van der Waals surface area contributed by atoms with Gasteiger partial charge in [0.25, 0.3) is 0 Å². The normalized spacial score (nSPS) is 14.7. The van der Waals surface area contributed by atoms with Crippen LogP contribution < -0.4 is 19.7 Å². The number of urea groups is 1. The topological polar surface area (TPSA) is 54.0 Å². The summed E-state index contributed by atoms with van der Waals surface area (Å²) in [6.07, 6.45) is 0.991. The number of benzene rings is 3. The van der Waals surface area contributed by atoms with Gasteiger partial charge in [-0.2, -0.15) is 0 Å². The molecule has 3 aromatic rings. The molecule has 0 unspecified atom stereocenters. The molecule has 2 aliphatic heterocycles. The molecule has 0 saturated heterocycles. The third-order valence-electron chi connectivity index (χ3n) is 5.87. The van der Waals surface area contributed by atoms with Crippen molar-refractivity contribution in [1.29, 1.82) is 0 Å². The minimum atomic E-state index is -0.154. The minimum absolute atomic E-state index is 0.154. The second kappa shape index (κ2) is 8.32. The first-order valence-corrected chi connectivity index (χ1v) is 10.6. The van der Waals surface area contributed by atoms with Crippen LogP contribution in [0.3, 0.4) is 0 Å². The monoisotopic (exact) mass is 415 g/mol. The first-order chi connectivity index (χ1) is 15.2. The van der Waals surface area contributed by atoms with Crippen LogP contribution in [0.4, 0.5) is 16.2 Å². The lowest BCUT2D eigenvalue weighted by Crippen LogP contribution is -2.43. The number of para-hydroxylation sites is 4. The van der Waals surface area contributed by atoms with Crippen LogP contribution in [0.1, 0.15) is 11.1 Å². The van der Waals surface area contributed by atoms with E-state index in [4.69, 9.17) is 9.47 Å². The molecule has 5 rings (SSSR count). The van der Waals surface area contributed by atoms with Gasteiger partial charge in [-0.1, -0.05) is 36.4 Å². The second-order valence-corrected chi connectivity index (χ2v) is 7.73. The van der Waals surface area contributed by atoms with E-state index in [1.807, 2.05) is 60.7 Å². The lowest BCUT2D eigenvalue weighted by molar-refractivity contribution is 0.234. The van der Waals surface area contributed by atoms with Gasteiger partial charge in [0.15, 0.2) is 11.5 Å². The summed E-state index contributed by atoms with van der Waals surface area (Å²) >= 11 is 0. The molecule has 0 saturated carbocycles. The highest BCUT2D eigenvalue weighted by Crippen LogP contribution is 2.46. The van der Waals surface area contributed by atoms with Gasteiger partial charge in [0.2, 0.25) is 0 Å². The highest BCUT2D eigenvalue weighted by molar-refractivity contribution is 6.03. The van der Waals surface area contributed by atoms with E-state index in [0.717, 1.165) is 43.2 Å². The number of methoxy groups -OCH3 is 1. The molecule has 0 radical (unpaired) electrons. The number of carbonyl (C=O) groups excluding carboxylic acids is 1. The van der Waals surface area contributed by atoms with Crippen LogP contribution in [-0.4, -0.2) is 37.7 Å². The predicted molar refractivity (Wildman–Crippen MR) is 120 cm³/mol. The number of hydrogen-bond donors (Lipinski definition) is 1. The average Bonchev–Trinajstić information content (AvgIpc) is 2.82. The van der Waals surface area contributed by atoms with E-state index in [1.54, 1.807) is 12.0 Å². The Hall–Kier alpha value is -3.51. The molecule has 0 aromatic heterocycles. The van der Waals surface area contributed by atoms with Gasteiger partial charge >= 0.3 is 6.03 Å². The molecule has 3 aromatic carbocycles. The van der Waals surface area contributed by atoms with Crippen molar-refractivity contribution in [3.05, 3.63) is 77.9 Å². The van der Waals surface area contributed by atoms with Gasteiger partial charge in [0.1, 0.15) is 5.75 Å². The summed E-state index contributed by atoms with van der Waals surface area (Å²) in [7, 11) is 1.72. The van der Waals surface area contributed by atoms with E-state index in [1.165, 1.54) is 11.1 Å². The van der Waals surface area contributed by atoms with E-state index in [0.29, 0.717) is 18.0 Å². The Bertz CT molecular complexity index is 1050. The number of fused-ring (bicyclic) bond motifs is 3. The van der Waals surface area contributed by atoms with Gasteiger partial charge in [0, 0.05) is 31.7 Å². The molecule has 0 fully saturated rings. The van der Waals surface area contributed by atoms with Crippen LogP contribution in [-0.2, 0) is 13.0 Å². The maximum Gasteiger partial charge on any atom is 0.326 e. The fraction of sp³-hybridized carbons (Fsp3) is 0.240. The molecule has 6 heteroatoms. The standard InChI is InChI=1S/C25H25N3O3/c1-30-22-12-6-7-18-13-15-27(17-19(18)22)16-14-26-25(29)28-20-8-2-4-10-23(20)31-24-11-5-3-9-21(24)28/h2-12H,13-17H2,1H3,(H,26,29). The third-order valence-corrected chi connectivity index (χ3v) is 5.87. The summed E-state index contributed by atoms with van der Waals surface area (Å²) in [6.45, 7) is 3.14. The van der Waals surface area contributed by atoms with Crippen LogP contribution in [0.2, 0.25) is 0 Å². The number of rotatable bonds is 4. The van der Waals surface area contributed by atoms with Crippen LogP contribution in [0.15, 0.2) is 66.7 Å². The largest absolute Gasteiger partial charge is 0.496 e. The van der Waals surface area contributed by atoms with Gasteiger partial charge in [0.05, 0.1) is 18.5 Å². The number of anilines is 2. The van der Waals surface area contributed by atoms with Crippen molar-refractivity contribution >= 4 is 17.4 Å². The number of amides is 2. The summed E-state index contributed by atoms with van der Waals surface area (Å²) in [5, 5.41) is 3.09. The molecule has 0 spiro atoms. The van der Waals surface area contributed by atoms with Crippen molar-refractivity contribution < 1.29 is 14.3 Å². The Kier molecular flexibility index (Phi) is 5.22. The summed E-state index contributed by atoms with van der Waals surface area (Å²) in [5.74, 6) is 2.29. The van der Waals surface area contributed by atoms with E-state index in [9.17, 15) is 4.79 Å². The smallest absolute Gasteiger partial charge is 0.326 e. The molecule has 0 bridgehead atoms. The van der Waals surface area contributed by atoms with E-state index in [2.05, 4.69) is 16.3 Å². The van der Waals surface area contributed by atoms with Crippen LogP contribution in [0.5, 0.6) is 17.2 Å². The zero-order valence-electron chi connectivity index (χ0n) is 17.5. The summed E-state index contributed by atoms with van der Waals surface area (Å²) in [6, 6.07) is 21.3. The molecule has 158 valence electrons. The number of carbonyl (C=O) groups is 1. The maximum atomic E-state index is 13.2. The number of ether oxygens (including phenoxy) is 2. The Balaban J connectivity index is 1.27. The molecule has 0 aliphatic carbocycles. The summed E-state index contributed by atoms with van der Waals surface area (Å²) in [5.41, 5.74) is 4.09. The van der Waals surface area contributed by atoms with Gasteiger partial charge in [-0.15, -0.1) is 0 Å². The van der Waals surface area contributed by atoms with E-state index in [-0.39, 0.29) is 6.03 Å². The van der Waals surface area contributed by atoms with Gasteiger partial charge < -0.3 is 14.8 Å². The number of hydrogen-bond acceptors (Lipinski definition) is 4. The van der Waals surface area contributed by atoms with E-state index >= 15 is 0 Å². The summed E-state index contributed by atoms with van der Waals surface area (Å²) < 4.78 is 11.5. The second-order valence-electron chi connectivity index (χ2n) is 7.73. The van der Waals surface area contributed by atoms with Crippen molar-refractivity contribution in [2.45, 2.75) is 13.0 Å². The molecular weight excluding hydrogens is 390 g/mol. The molecule has 2 aliphatic rings. The number of nitrogens with one attached hydrogen (secondary N) is 1. The molecule has 6 nitrogen and oxygen atoms in total. The summed E-state index contributed by atoms with van der Waals surface area (Å²) in [4.78, 5) is 17.2. The maximum absolute atomic E-state index is 13.2. The number of nitrogens with zero attached hydrogens (tertiary/aromatic N) is 2. The Morgan fingerprint density at radius 2 is 1.71 bits per heavy atom. The quantitative estimate of drug-likeness (QED) is 0.671.